The summed E-state index contributed by atoms with van der Waals surface area (Å²) in [5.41, 5.74) is 1.57. The van der Waals surface area contributed by atoms with Crippen LogP contribution in [0.3, 0.4) is 0 Å². The van der Waals surface area contributed by atoms with Crippen LogP contribution in [0.25, 0.3) is 5.65 Å². The molecule has 7 nitrogen and oxygen atoms in total. The van der Waals surface area contributed by atoms with Gasteiger partial charge in [0.15, 0.2) is 21.3 Å². The summed E-state index contributed by atoms with van der Waals surface area (Å²) >= 11 is 1.28. The van der Waals surface area contributed by atoms with Gasteiger partial charge in [0.1, 0.15) is 21.6 Å². The number of aromatic nitrogens is 3. The molecule has 3 aromatic rings. The molecule has 0 saturated heterocycles. The normalized spacial score (nSPS) is 11.4. The van der Waals surface area contributed by atoms with Gasteiger partial charge in [-0.25, -0.2) is 13.4 Å². The quantitative estimate of drug-likeness (QED) is 0.541. The second-order valence-electron chi connectivity index (χ2n) is 5.31. The van der Waals surface area contributed by atoms with Gasteiger partial charge in [-0.1, -0.05) is 30.3 Å². The lowest BCUT2D eigenvalue weighted by atomic mass is 10.2. The van der Waals surface area contributed by atoms with Crippen molar-refractivity contribution in [3.8, 4) is 6.07 Å². The molecule has 0 radical (unpaired) electrons. The van der Waals surface area contributed by atoms with Crippen LogP contribution in [0.4, 0.5) is 5.82 Å². The number of hydrogen-bond acceptors (Lipinski definition) is 7. The molecular weight excluding hydrogens is 358 g/mol. The van der Waals surface area contributed by atoms with E-state index >= 15 is 0 Å². The van der Waals surface area contributed by atoms with Gasteiger partial charge in [0.25, 0.3) is 0 Å². The maximum atomic E-state index is 12.0. The number of nitriles is 1. The highest BCUT2D eigenvalue weighted by molar-refractivity contribution is 7.98. The fraction of sp³-hybridized carbons (Fsp3) is 0.188. The van der Waals surface area contributed by atoms with E-state index in [-0.39, 0.29) is 10.5 Å². The van der Waals surface area contributed by atoms with E-state index in [1.165, 1.54) is 22.5 Å². The first-order valence-electron chi connectivity index (χ1n) is 7.29. The van der Waals surface area contributed by atoms with Crippen LogP contribution in [0.2, 0.25) is 0 Å². The minimum atomic E-state index is -3.48. The zero-order valence-corrected chi connectivity index (χ0v) is 15.2. The predicted octanol–water partition coefficient (Wildman–Crippen LogP) is 2.34. The number of thioether (sulfide) groups is 1. The molecule has 2 aromatic heterocycles. The molecule has 0 aliphatic rings. The fourth-order valence-electron chi connectivity index (χ4n) is 2.41. The summed E-state index contributed by atoms with van der Waals surface area (Å²) in [6.07, 6.45) is 4.16. The summed E-state index contributed by atoms with van der Waals surface area (Å²) in [6.45, 7) is 0.469. The van der Waals surface area contributed by atoms with Gasteiger partial charge in [-0.2, -0.15) is 14.9 Å². The van der Waals surface area contributed by atoms with E-state index in [0.29, 0.717) is 23.0 Å². The van der Waals surface area contributed by atoms with Crippen molar-refractivity contribution in [2.75, 3.05) is 17.8 Å². The summed E-state index contributed by atoms with van der Waals surface area (Å²) in [4.78, 5) is 4.37. The molecule has 3 rings (SSSR count). The SMILES string of the molecule is CSc1nc2c(S(C)(=O)=O)cnn2c(NCc2ccccc2)c1C#N. The molecule has 0 bridgehead atoms. The first-order valence-corrected chi connectivity index (χ1v) is 10.4. The van der Waals surface area contributed by atoms with Crippen LogP contribution < -0.4 is 5.32 Å². The lowest BCUT2D eigenvalue weighted by molar-refractivity contribution is 0.602. The van der Waals surface area contributed by atoms with Crippen molar-refractivity contribution < 1.29 is 8.42 Å². The highest BCUT2D eigenvalue weighted by Crippen LogP contribution is 2.28. The summed E-state index contributed by atoms with van der Waals surface area (Å²) < 4.78 is 25.3. The molecular formula is C16H15N5O2S2. The number of nitrogens with zero attached hydrogens (tertiary/aromatic N) is 4. The van der Waals surface area contributed by atoms with Crippen molar-refractivity contribution >= 4 is 33.1 Å². The standard InChI is InChI=1S/C16H15N5O2S2/c1-24-16-12(8-17)14(18-9-11-6-4-3-5-7-11)21-15(20-16)13(10-19-21)25(2,22)23/h3-7,10,18H,9H2,1-2H3. The average Bonchev–Trinajstić information content (AvgIpc) is 3.03. The molecule has 25 heavy (non-hydrogen) atoms. The Morgan fingerprint density at radius 1 is 1.32 bits per heavy atom. The molecule has 0 atom stereocenters. The summed E-state index contributed by atoms with van der Waals surface area (Å²) in [5, 5.41) is 17.3. The summed E-state index contributed by atoms with van der Waals surface area (Å²) in [7, 11) is -3.48. The van der Waals surface area contributed by atoms with E-state index in [4.69, 9.17) is 0 Å². The number of rotatable bonds is 5. The number of hydrogen-bond donors (Lipinski definition) is 1. The first-order chi connectivity index (χ1) is 12.0. The minimum absolute atomic E-state index is 0.0371. The molecule has 0 fully saturated rings. The van der Waals surface area contributed by atoms with Crippen molar-refractivity contribution in [3.05, 3.63) is 47.7 Å². The Hall–Kier alpha value is -2.57. The smallest absolute Gasteiger partial charge is 0.180 e. The Morgan fingerprint density at radius 3 is 2.64 bits per heavy atom. The van der Waals surface area contributed by atoms with Gasteiger partial charge in [0.05, 0.1) is 6.20 Å². The van der Waals surface area contributed by atoms with E-state index in [1.54, 1.807) is 6.26 Å². The Morgan fingerprint density at radius 2 is 2.04 bits per heavy atom. The number of fused-ring (bicyclic) bond motifs is 1. The van der Waals surface area contributed by atoms with Crippen LogP contribution in [-0.4, -0.2) is 35.5 Å². The van der Waals surface area contributed by atoms with Gasteiger partial charge in [-0.3, -0.25) is 0 Å². The van der Waals surface area contributed by atoms with Crippen molar-refractivity contribution in [2.24, 2.45) is 0 Å². The predicted molar refractivity (Wildman–Crippen MR) is 96.4 cm³/mol. The van der Waals surface area contributed by atoms with E-state index in [0.717, 1.165) is 11.8 Å². The number of sulfone groups is 1. The summed E-state index contributed by atoms with van der Waals surface area (Å²) in [6, 6.07) is 11.8. The topological polar surface area (TPSA) is 100 Å². The maximum Gasteiger partial charge on any atom is 0.180 e. The number of benzene rings is 1. The molecule has 1 N–H and O–H groups in total. The Kier molecular flexibility index (Phi) is 4.65. The number of nitrogens with one attached hydrogen (secondary N) is 1. The molecule has 128 valence electrons. The Labute approximate surface area is 149 Å². The third-order valence-electron chi connectivity index (χ3n) is 3.59. The lowest BCUT2D eigenvalue weighted by Crippen LogP contribution is -2.10. The van der Waals surface area contributed by atoms with Crippen LogP contribution in [0.5, 0.6) is 0 Å². The van der Waals surface area contributed by atoms with Crippen molar-refractivity contribution in [3.63, 3.8) is 0 Å². The molecule has 2 heterocycles. The maximum absolute atomic E-state index is 12.0. The third kappa shape index (κ3) is 3.31. The van der Waals surface area contributed by atoms with Gasteiger partial charge < -0.3 is 5.32 Å². The highest BCUT2D eigenvalue weighted by Gasteiger charge is 2.22. The molecule has 0 spiro atoms. The minimum Gasteiger partial charge on any atom is -0.365 e. The largest absolute Gasteiger partial charge is 0.365 e. The van der Waals surface area contributed by atoms with Crippen LogP contribution in [0, 0.1) is 11.3 Å². The van der Waals surface area contributed by atoms with Gasteiger partial charge in [0, 0.05) is 12.8 Å². The van der Waals surface area contributed by atoms with Gasteiger partial charge in [-0.15, -0.1) is 11.8 Å². The van der Waals surface area contributed by atoms with Crippen LogP contribution in [0.15, 0.2) is 46.5 Å². The van der Waals surface area contributed by atoms with E-state index in [2.05, 4.69) is 21.5 Å². The molecule has 0 unspecified atom stereocenters. The van der Waals surface area contributed by atoms with E-state index in [9.17, 15) is 13.7 Å². The van der Waals surface area contributed by atoms with Crippen LogP contribution >= 0.6 is 11.8 Å². The van der Waals surface area contributed by atoms with Crippen molar-refractivity contribution in [1.82, 2.24) is 14.6 Å². The second kappa shape index (κ2) is 6.74. The Bertz CT molecular complexity index is 1070. The van der Waals surface area contributed by atoms with Gasteiger partial charge in [-0.05, 0) is 11.8 Å². The zero-order valence-electron chi connectivity index (χ0n) is 13.6. The van der Waals surface area contributed by atoms with Crippen molar-refractivity contribution in [2.45, 2.75) is 16.5 Å². The monoisotopic (exact) mass is 373 g/mol. The van der Waals surface area contributed by atoms with E-state index in [1.807, 2.05) is 30.3 Å². The Balaban J connectivity index is 2.17. The number of anilines is 1. The van der Waals surface area contributed by atoms with Crippen LogP contribution in [-0.2, 0) is 16.4 Å². The lowest BCUT2D eigenvalue weighted by Gasteiger charge is -2.12. The van der Waals surface area contributed by atoms with Crippen molar-refractivity contribution in [1.29, 1.82) is 5.26 Å². The van der Waals surface area contributed by atoms with Crippen LogP contribution in [0.1, 0.15) is 11.1 Å². The molecule has 0 aliphatic heterocycles. The molecule has 0 amide bonds. The first kappa shape index (κ1) is 17.3. The average molecular weight is 373 g/mol. The van der Waals surface area contributed by atoms with E-state index < -0.39 is 9.84 Å². The molecule has 0 saturated carbocycles. The van der Waals surface area contributed by atoms with Gasteiger partial charge in [0.2, 0.25) is 0 Å². The molecule has 0 aliphatic carbocycles. The highest BCUT2D eigenvalue weighted by atomic mass is 32.2. The van der Waals surface area contributed by atoms with Gasteiger partial charge >= 0.3 is 0 Å². The zero-order chi connectivity index (χ0) is 18.0. The molecule has 9 heteroatoms. The molecule has 1 aromatic carbocycles. The fourth-order valence-corrected chi connectivity index (χ4v) is 3.63. The second-order valence-corrected chi connectivity index (χ2v) is 8.09. The summed E-state index contributed by atoms with van der Waals surface area (Å²) in [5.74, 6) is 0.426. The third-order valence-corrected chi connectivity index (χ3v) is 5.36.